The number of para-hydroxylation sites is 1. The highest BCUT2D eigenvalue weighted by molar-refractivity contribution is 5.86. The Morgan fingerprint density at radius 2 is 2.21 bits per heavy atom. The van der Waals surface area contributed by atoms with Gasteiger partial charge in [0, 0.05) is 13.6 Å². The summed E-state index contributed by atoms with van der Waals surface area (Å²) in [6.45, 7) is 4.10. The van der Waals surface area contributed by atoms with E-state index in [1.54, 1.807) is 25.2 Å². The second-order valence-corrected chi connectivity index (χ2v) is 5.03. The Morgan fingerprint density at radius 3 is 2.84 bits per heavy atom. The van der Waals surface area contributed by atoms with Crippen LogP contribution in [0.15, 0.2) is 22.6 Å². The lowest BCUT2D eigenvalue weighted by Crippen LogP contribution is -2.39. The molecule has 0 spiro atoms. The first kappa shape index (κ1) is 13.2. The Morgan fingerprint density at radius 1 is 1.47 bits per heavy atom. The Bertz CT molecular complexity index is 604. The lowest BCUT2D eigenvalue weighted by atomic mass is 9.92. The fourth-order valence-corrected chi connectivity index (χ4v) is 1.76. The maximum absolute atomic E-state index is 11.7. The molecule has 2 aromatic rings. The monoisotopic (exact) mass is 262 g/mol. The fraction of sp³-hybridized carbons (Fsp3) is 0.385. The molecular formula is C13H18N4O2. The third-order valence-electron chi connectivity index (χ3n) is 2.97. The van der Waals surface area contributed by atoms with Crippen molar-refractivity contribution in [3.63, 3.8) is 0 Å². The minimum Gasteiger partial charge on any atom is -0.423 e. The van der Waals surface area contributed by atoms with E-state index in [1.807, 2.05) is 13.8 Å². The number of fused-ring (bicyclic) bond motifs is 1. The van der Waals surface area contributed by atoms with E-state index in [0.29, 0.717) is 29.3 Å². The molecule has 0 atom stereocenters. The van der Waals surface area contributed by atoms with Crippen LogP contribution >= 0.6 is 0 Å². The van der Waals surface area contributed by atoms with Gasteiger partial charge in [-0.15, -0.1) is 0 Å². The molecule has 0 bridgehead atoms. The molecule has 1 aromatic heterocycles. The van der Waals surface area contributed by atoms with Gasteiger partial charge in [0.25, 0.3) is 6.01 Å². The lowest BCUT2D eigenvalue weighted by Gasteiger charge is -2.22. The molecule has 19 heavy (non-hydrogen) atoms. The number of nitrogens with two attached hydrogens (primary N) is 1. The van der Waals surface area contributed by atoms with Crippen molar-refractivity contribution in [2.75, 3.05) is 24.6 Å². The highest BCUT2D eigenvalue weighted by Crippen LogP contribution is 2.24. The zero-order valence-electron chi connectivity index (χ0n) is 11.3. The lowest BCUT2D eigenvalue weighted by molar-refractivity contribution is -0.128. The highest BCUT2D eigenvalue weighted by Gasteiger charge is 2.26. The molecule has 0 saturated carbocycles. The van der Waals surface area contributed by atoms with Crippen LogP contribution in [-0.2, 0) is 4.79 Å². The van der Waals surface area contributed by atoms with Crippen molar-refractivity contribution in [2.24, 2.45) is 5.41 Å². The van der Waals surface area contributed by atoms with Crippen LogP contribution in [0.1, 0.15) is 13.8 Å². The van der Waals surface area contributed by atoms with Gasteiger partial charge in [-0.2, -0.15) is 4.98 Å². The van der Waals surface area contributed by atoms with Gasteiger partial charge in [-0.05, 0) is 26.0 Å². The Kier molecular flexibility index (Phi) is 3.33. The highest BCUT2D eigenvalue weighted by atomic mass is 16.4. The first-order chi connectivity index (χ1) is 8.94. The van der Waals surface area contributed by atoms with Crippen molar-refractivity contribution < 1.29 is 9.21 Å². The number of anilines is 2. The van der Waals surface area contributed by atoms with Crippen molar-refractivity contribution in [1.29, 1.82) is 0 Å². The molecule has 102 valence electrons. The van der Waals surface area contributed by atoms with E-state index in [0.717, 1.165) is 0 Å². The van der Waals surface area contributed by atoms with Crippen molar-refractivity contribution >= 4 is 28.7 Å². The van der Waals surface area contributed by atoms with Crippen LogP contribution in [-0.4, -0.2) is 24.5 Å². The number of nitrogen functional groups attached to an aromatic ring is 1. The van der Waals surface area contributed by atoms with E-state index in [4.69, 9.17) is 10.2 Å². The molecule has 0 aliphatic rings. The summed E-state index contributed by atoms with van der Waals surface area (Å²) in [5, 5.41) is 5.65. The summed E-state index contributed by atoms with van der Waals surface area (Å²) >= 11 is 0. The van der Waals surface area contributed by atoms with Crippen LogP contribution < -0.4 is 16.4 Å². The molecule has 0 aliphatic carbocycles. The number of nitrogens with zero attached hydrogens (tertiary/aromatic N) is 1. The van der Waals surface area contributed by atoms with E-state index >= 15 is 0 Å². The predicted molar refractivity (Wildman–Crippen MR) is 74.8 cm³/mol. The molecule has 0 unspecified atom stereocenters. The summed E-state index contributed by atoms with van der Waals surface area (Å²) in [6, 6.07) is 5.74. The number of hydrogen-bond acceptors (Lipinski definition) is 5. The van der Waals surface area contributed by atoms with Gasteiger partial charge >= 0.3 is 0 Å². The Balaban J connectivity index is 2.14. The molecule has 1 aromatic carbocycles. The van der Waals surface area contributed by atoms with E-state index in [-0.39, 0.29) is 5.91 Å². The van der Waals surface area contributed by atoms with Crippen LogP contribution in [0.3, 0.4) is 0 Å². The Hall–Kier alpha value is -2.24. The summed E-state index contributed by atoms with van der Waals surface area (Å²) in [4.78, 5) is 15.9. The van der Waals surface area contributed by atoms with Crippen molar-refractivity contribution in [3.8, 4) is 0 Å². The molecule has 0 saturated heterocycles. The van der Waals surface area contributed by atoms with Crippen molar-refractivity contribution in [1.82, 2.24) is 10.3 Å². The van der Waals surface area contributed by atoms with E-state index in [2.05, 4.69) is 15.6 Å². The van der Waals surface area contributed by atoms with Gasteiger partial charge in [0.05, 0.1) is 11.1 Å². The summed E-state index contributed by atoms with van der Waals surface area (Å²) in [6.07, 6.45) is 0. The number of hydrogen-bond donors (Lipinski definition) is 3. The average Bonchev–Trinajstić information content (AvgIpc) is 2.80. The number of carbonyl (C=O) groups is 1. The third-order valence-corrected chi connectivity index (χ3v) is 2.97. The van der Waals surface area contributed by atoms with E-state index < -0.39 is 5.41 Å². The van der Waals surface area contributed by atoms with E-state index in [1.165, 1.54) is 0 Å². The average molecular weight is 262 g/mol. The number of benzene rings is 1. The predicted octanol–water partition coefficient (Wildman–Crippen LogP) is 1.59. The summed E-state index contributed by atoms with van der Waals surface area (Å²) in [7, 11) is 1.62. The maximum Gasteiger partial charge on any atom is 0.295 e. The van der Waals surface area contributed by atoms with Crippen LogP contribution in [0.2, 0.25) is 0 Å². The second kappa shape index (κ2) is 4.79. The van der Waals surface area contributed by atoms with Gasteiger partial charge in [-0.1, -0.05) is 6.07 Å². The molecule has 6 heteroatoms. The Labute approximate surface area is 111 Å². The largest absolute Gasteiger partial charge is 0.423 e. The van der Waals surface area contributed by atoms with Gasteiger partial charge in [-0.3, -0.25) is 4.79 Å². The number of oxazole rings is 1. The summed E-state index contributed by atoms with van der Waals surface area (Å²) in [5.74, 6) is -0.0457. The standard InChI is InChI=1S/C13H18N4O2/c1-13(2,11(18)15-3)7-16-12-17-10-8(14)5-4-6-9(10)19-12/h4-6H,7,14H2,1-3H3,(H,15,18)(H,16,17). The van der Waals surface area contributed by atoms with Crippen LogP contribution in [0.4, 0.5) is 11.7 Å². The van der Waals surface area contributed by atoms with Crippen LogP contribution in [0.25, 0.3) is 11.1 Å². The smallest absolute Gasteiger partial charge is 0.295 e. The summed E-state index contributed by atoms with van der Waals surface area (Å²) < 4.78 is 5.52. The van der Waals surface area contributed by atoms with E-state index in [9.17, 15) is 4.79 Å². The zero-order chi connectivity index (χ0) is 14.0. The minimum absolute atomic E-state index is 0.0457. The molecular weight excluding hydrogens is 244 g/mol. The fourth-order valence-electron chi connectivity index (χ4n) is 1.76. The molecule has 1 amide bonds. The number of carbonyl (C=O) groups excluding carboxylic acids is 1. The van der Waals surface area contributed by atoms with Crippen LogP contribution in [0.5, 0.6) is 0 Å². The molecule has 1 heterocycles. The van der Waals surface area contributed by atoms with Crippen molar-refractivity contribution in [2.45, 2.75) is 13.8 Å². The molecule has 4 N–H and O–H groups in total. The number of nitrogens with one attached hydrogen (secondary N) is 2. The number of amides is 1. The maximum atomic E-state index is 11.7. The second-order valence-electron chi connectivity index (χ2n) is 5.03. The quantitative estimate of drug-likeness (QED) is 0.728. The molecule has 0 aliphatic heterocycles. The SMILES string of the molecule is CNC(=O)C(C)(C)CNc1nc2c(N)cccc2o1. The van der Waals surface area contributed by atoms with Gasteiger partial charge in [-0.25, -0.2) is 0 Å². The summed E-state index contributed by atoms with van der Waals surface area (Å²) in [5.41, 5.74) is 7.07. The van der Waals surface area contributed by atoms with Crippen LogP contribution in [0, 0.1) is 5.41 Å². The number of rotatable bonds is 4. The molecule has 0 fully saturated rings. The zero-order valence-corrected chi connectivity index (χ0v) is 11.3. The molecule has 0 radical (unpaired) electrons. The van der Waals surface area contributed by atoms with Gasteiger partial charge < -0.3 is 20.8 Å². The third kappa shape index (κ3) is 2.62. The first-order valence-corrected chi connectivity index (χ1v) is 6.05. The minimum atomic E-state index is -0.555. The molecule has 6 nitrogen and oxygen atoms in total. The first-order valence-electron chi connectivity index (χ1n) is 6.05. The van der Waals surface area contributed by atoms with Gasteiger partial charge in [0.15, 0.2) is 5.58 Å². The van der Waals surface area contributed by atoms with Gasteiger partial charge in [0.1, 0.15) is 5.52 Å². The normalized spacial score (nSPS) is 11.5. The number of aromatic nitrogens is 1. The topological polar surface area (TPSA) is 93.2 Å². The van der Waals surface area contributed by atoms with Gasteiger partial charge in [0.2, 0.25) is 5.91 Å². The molecule has 2 rings (SSSR count). The van der Waals surface area contributed by atoms with Crippen molar-refractivity contribution in [3.05, 3.63) is 18.2 Å².